The predicted octanol–water partition coefficient (Wildman–Crippen LogP) is 4.41. The number of hydrogen-bond donors (Lipinski definition) is 1. The van der Waals surface area contributed by atoms with Gasteiger partial charge < -0.3 is 9.64 Å². The summed E-state index contributed by atoms with van der Waals surface area (Å²) in [5.41, 5.74) is 0.626. The van der Waals surface area contributed by atoms with Gasteiger partial charge in [-0.15, -0.1) is 0 Å². The van der Waals surface area contributed by atoms with Gasteiger partial charge in [-0.2, -0.15) is 0 Å². The number of halogens is 2. The largest absolute Gasteiger partial charge is 0.494 e. The first-order chi connectivity index (χ1) is 12.6. The van der Waals surface area contributed by atoms with Crippen molar-refractivity contribution < 1.29 is 4.74 Å². The van der Waals surface area contributed by atoms with Crippen LogP contribution in [0.25, 0.3) is 0 Å². The lowest BCUT2D eigenvalue weighted by molar-refractivity contribution is 0.169. The van der Waals surface area contributed by atoms with E-state index in [0.717, 1.165) is 51.5 Å². The minimum absolute atomic E-state index is 0.410. The van der Waals surface area contributed by atoms with Gasteiger partial charge in [-0.25, -0.2) is 0 Å². The second-order valence-electron chi connectivity index (χ2n) is 6.29. The molecule has 4 nitrogen and oxygen atoms in total. The maximum atomic E-state index is 8.45. The van der Waals surface area contributed by atoms with Crippen molar-refractivity contribution in [1.82, 2.24) is 9.80 Å². The Balaban J connectivity index is 1.42. The van der Waals surface area contributed by atoms with E-state index in [1.165, 1.54) is 0 Å². The highest BCUT2D eigenvalue weighted by Gasteiger charge is 2.22. The number of nitrogens with one attached hydrogen (secondary N) is 1. The number of benzene rings is 2. The zero-order valence-electron chi connectivity index (χ0n) is 14.6. The summed E-state index contributed by atoms with van der Waals surface area (Å²) in [6.45, 7) is 5.18. The van der Waals surface area contributed by atoms with Gasteiger partial charge in [0.2, 0.25) is 0 Å². The Hall–Kier alpha value is -1.75. The molecule has 1 aliphatic rings. The Bertz CT molecular complexity index is 711. The van der Waals surface area contributed by atoms with Gasteiger partial charge >= 0.3 is 0 Å². The molecule has 2 aromatic rings. The first-order valence-electron chi connectivity index (χ1n) is 8.83. The molecule has 0 saturated carbocycles. The summed E-state index contributed by atoms with van der Waals surface area (Å²) in [4.78, 5) is 4.45. The van der Waals surface area contributed by atoms with Gasteiger partial charge in [0.25, 0.3) is 0 Å². The minimum atomic E-state index is 0.410. The molecule has 1 saturated heterocycles. The fraction of sp³-hybridized carbons (Fsp3) is 0.350. The lowest BCUT2D eigenvalue weighted by atomic mass is 10.1. The maximum absolute atomic E-state index is 8.45. The van der Waals surface area contributed by atoms with Crippen LogP contribution in [0.3, 0.4) is 0 Å². The first kappa shape index (κ1) is 19.0. The summed E-state index contributed by atoms with van der Waals surface area (Å²) in [6, 6.07) is 15.3. The molecule has 0 bridgehead atoms. The van der Waals surface area contributed by atoms with Crippen molar-refractivity contribution in [3.8, 4) is 5.75 Å². The van der Waals surface area contributed by atoms with Crippen LogP contribution >= 0.6 is 23.2 Å². The molecule has 0 spiro atoms. The van der Waals surface area contributed by atoms with Crippen molar-refractivity contribution in [2.24, 2.45) is 0 Å². The molecule has 6 heteroatoms. The van der Waals surface area contributed by atoms with E-state index in [-0.39, 0.29) is 0 Å². The third kappa shape index (κ3) is 4.91. The molecule has 2 aromatic carbocycles. The topological polar surface area (TPSA) is 39.6 Å². The highest BCUT2D eigenvalue weighted by Crippen LogP contribution is 2.26. The molecule has 26 heavy (non-hydrogen) atoms. The van der Waals surface area contributed by atoms with E-state index in [2.05, 4.69) is 4.90 Å². The van der Waals surface area contributed by atoms with Crippen molar-refractivity contribution in [1.29, 1.82) is 5.41 Å². The summed E-state index contributed by atoms with van der Waals surface area (Å²) < 4.78 is 5.74. The third-order valence-corrected chi connectivity index (χ3v) is 5.15. The molecule has 1 fully saturated rings. The Kier molecular flexibility index (Phi) is 6.78. The molecule has 1 heterocycles. The normalized spacial score (nSPS) is 15.1. The number of amidine groups is 1. The first-order valence-corrected chi connectivity index (χ1v) is 9.59. The molecular weight excluding hydrogens is 369 g/mol. The molecule has 1 aliphatic heterocycles. The fourth-order valence-corrected chi connectivity index (χ4v) is 3.65. The van der Waals surface area contributed by atoms with Crippen LogP contribution in [0.15, 0.2) is 48.5 Å². The molecule has 0 atom stereocenters. The van der Waals surface area contributed by atoms with Crippen molar-refractivity contribution in [2.75, 3.05) is 39.3 Å². The standard InChI is InChI=1S/C20H23Cl2N3O/c21-17-8-4-9-18(22)19(17)20(23)25-13-11-24(12-14-25)10-5-15-26-16-6-2-1-3-7-16/h1-4,6-9,23H,5,10-15H2. The summed E-state index contributed by atoms with van der Waals surface area (Å²) in [5.74, 6) is 1.33. The number of rotatable bonds is 6. The molecule has 1 N–H and O–H groups in total. The van der Waals surface area contributed by atoms with Crippen LogP contribution in [0.5, 0.6) is 5.75 Å². The molecular formula is C20H23Cl2N3O. The van der Waals surface area contributed by atoms with Crippen molar-refractivity contribution in [3.05, 3.63) is 64.1 Å². The molecule has 0 radical (unpaired) electrons. The van der Waals surface area contributed by atoms with Gasteiger partial charge in [0.1, 0.15) is 11.6 Å². The fourth-order valence-electron chi connectivity index (χ4n) is 3.07. The number of hydrogen-bond acceptors (Lipinski definition) is 3. The summed E-state index contributed by atoms with van der Waals surface area (Å²) >= 11 is 12.5. The Morgan fingerprint density at radius 3 is 2.23 bits per heavy atom. The molecule has 0 aliphatic carbocycles. The van der Waals surface area contributed by atoms with Crippen molar-refractivity contribution in [3.63, 3.8) is 0 Å². The highest BCUT2D eigenvalue weighted by molar-refractivity contribution is 6.39. The van der Waals surface area contributed by atoms with E-state index in [1.807, 2.05) is 35.2 Å². The predicted molar refractivity (Wildman–Crippen MR) is 108 cm³/mol. The quantitative estimate of drug-likeness (QED) is 0.450. The van der Waals surface area contributed by atoms with E-state index in [0.29, 0.717) is 21.4 Å². The van der Waals surface area contributed by atoms with E-state index in [1.54, 1.807) is 18.2 Å². The van der Waals surface area contributed by atoms with Crippen LogP contribution in [0.1, 0.15) is 12.0 Å². The van der Waals surface area contributed by atoms with Gasteiger partial charge in [-0.05, 0) is 30.7 Å². The van der Waals surface area contributed by atoms with Crippen LogP contribution in [-0.2, 0) is 0 Å². The van der Waals surface area contributed by atoms with Crippen LogP contribution in [0.2, 0.25) is 10.0 Å². The highest BCUT2D eigenvalue weighted by atomic mass is 35.5. The van der Waals surface area contributed by atoms with Crippen LogP contribution in [0, 0.1) is 5.41 Å². The summed E-state index contributed by atoms with van der Waals surface area (Å²) in [6.07, 6.45) is 0.989. The lowest BCUT2D eigenvalue weighted by Gasteiger charge is -2.36. The van der Waals surface area contributed by atoms with Gasteiger partial charge in [-0.1, -0.05) is 47.5 Å². The zero-order chi connectivity index (χ0) is 18.4. The number of nitrogens with zero attached hydrogens (tertiary/aromatic N) is 2. The second-order valence-corrected chi connectivity index (χ2v) is 7.10. The third-order valence-electron chi connectivity index (χ3n) is 4.52. The number of piperazine rings is 1. The average molecular weight is 392 g/mol. The Morgan fingerprint density at radius 1 is 0.923 bits per heavy atom. The Morgan fingerprint density at radius 2 is 1.58 bits per heavy atom. The molecule has 0 amide bonds. The average Bonchev–Trinajstić information content (AvgIpc) is 2.66. The van der Waals surface area contributed by atoms with Gasteiger partial charge in [-0.3, -0.25) is 10.3 Å². The van der Waals surface area contributed by atoms with E-state index in [9.17, 15) is 0 Å². The maximum Gasteiger partial charge on any atom is 0.131 e. The van der Waals surface area contributed by atoms with Crippen LogP contribution < -0.4 is 4.74 Å². The van der Waals surface area contributed by atoms with E-state index < -0.39 is 0 Å². The van der Waals surface area contributed by atoms with E-state index >= 15 is 0 Å². The van der Waals surface area contributed by atoms with Crippen molar-refractivity contribution in [2.45, 2.75) is 6.42 Å². The van der Waals surface area contributed by atoms with Gasteiger partial charge in [0.15, 0.2) is 0 Å². The Labute approximate surface area is 164 Å². The minimum Gasteiger partial charge on any atom is -0.494 e. The monoisotopic (exact) mass is 391 g/mol. The molecule has 3 rings (SSSR count). The zero-order valence-corrected chi connectivity index (χ0v) is 16.1. The lowest BCUT2D eigenvalue weighted by Crippen LogP contribution is -2.49. The van der Waals surface area contributed by atoms with E-state index in [4.69, 9.17) is 33.3 Å². The van der Waals surface area contributed by atoms with Crippen LogP contribution in [0.4, 0.5) is 0 Å². The smallest absolute Gasteiger partial charge is 0.131 e. The molecule has 0 aromatic heterocycles. The second kappa shape index (κ2) is 9.26. The SMILES string of the molecule is N=C(c1c(Cl)cccc1Cl)N1CCN(CCCOc2ccccc2)CC1. The van der Waals surface area contributed by atoms with Crippen LogP contribution in [-0.4, -0.2) is 55.0 Å². The molecule has 0 unspecified atom stereocenters. The number of para-hydroxylation sites is 1. The van der Waals surface area contributed by atoms with Crippen molar-refractivity contribution >= 4 is 29.0 Å². The number of ether oxygens (including phenoxy) is 1. The summed E-state index contributed by atoms with van der Waals surface area (Å²) in [5, 5.41) is 9.51. The van der Waals surface area contributed by atoms with Gasteiger partial charge in [0.05, 0.1) is 22.2 Å². The molecule has 138 valence electrons. The van der Waals surface area contributed by atoms with Gasteiger partial charge in [0, 0.05) is 32.7 Å². The summed E-state index contributed by atoms with van der Waals surface area (Å²) in [7, 11) is 0.